The Morgan fingerprint density at radius 1 is 1.08 bits per heavy atom. The zero-order valence-corrected chi connectivity index (χ0v) is 22.4. The minimum absolute atomic E-state index is 0.158. The zero-order valence-electron chi connectivity index (χ0n) is 21.6. The highest BCUT2D eigenvalue weighted by molar-refractivity contribution is 7.17. The van der Waals surface area contributed by atoms with E-state index in [4.69, 9.17) is 4.74 Å². The number of fused-ring (bicyclic) bond motifs is 2. The molecule has 0 aliphatic carbocycles. The zero-order chi connectivity index (χ0) is 26.4. The molecule has 0 atom stereocenters. The van der Waals surface area contributed by atoms with E-state index in [1.165, 1.54) is 11.3 Å². The quantitative estimate of drug-likeness (QED) is 0.182. The highest BCUT2D eigenvalue weighted by atomic mass is 32.1. The molecule has 0 unspecified atom stereocenters. The Morgan fingerprint density at radius 2 is 1.86 bits per heavy atom. The molecule has 1 aromatic heterocycles. The average molecular weight is 523 g/mol. The number of carbonyl (C=O) groups is 3. The summed E-state index contributed by atoms with van der Waals surface area (Å²) in [6.07, 6.45) is 3.53. The summed E-state index contributed by atoms with van der Waals surface area (Å²) in [5.74, 6) is -0.158. The predicted octanol–water partition coefficient (Wildman–Crippen LogP) is 5.98. The molecule has 0 bridgehead atoms. The Bertz CT molecular complexity index is 1280. The molecule has 37 heavy (non-hydrogen) atoms. The maximum Gasteiger partial charge on any atom is 0.324 e. The molecule has 196 valence electrons. The van der Waals surface area contributed by atoms with Gasteiger partial charge in [-0.2, -0.15) is 0 Å². The largest absolute Gasteiger partial charge is 0.460 e. The first kappa shape index (κ1) is 26.6. The van der Waals surface area contributed by atoms with E-state index < -0.39 is 5.60 Å². The lowest BCUT2D eigenvalue weighted by atomic mass is 10.1. The number of nitrogens with one attached hydrogen (secondary N) is 3. The van der Waals surface area contributed by atoms with Gasteiger partial charge >= 0.3 is 12.0 Å². The van der Waals surface area contributed by atoms with E-state index in [2.05, 4.69) is 20.9 Å². The Balaban J connectivity index is 1.34. The number of anilines is 3. The number of benzene rings is 2. The van der Waals surface area contributed by atoms with E-state index >= 15 is 0 Å². The molecule has 2 aromatic carbocycles. The lowest BCUT2D eigenvalue weighted by molar-refractivity contribution is -0.154. The van der Waals surface area contributed by atoms with Crippen LogP contribution in [0.3, 0.4) is 0 Å². The number of hydrogen-bond donors (Lipinski definition) is 3. The Morgan fingerprint density at radius 3 is 2.62 bits per heavy atom. The molecule has 0 spiro atoms. The number of amides is 3. The maximum atomic E-state index is 12.8. The monoisotopic (exact) mass is 522 g/mol. The van der Waals surface area contributed by atoms with Gasteiger partial charge < -0.3 is 15.4 Å². The van der Waals surface area contributed by atoms with Gasteiger partial charge in [0, 0.05) is 30.1 Å². The summed E-state index contributed by atoms with van der Waals surface area (Å²) >= 11 is 1.49. The van der Waals surface area contributed by atoms with Gasteiger partial charge in [-0.25, -0.2) is 4.79 Å². The van der Waals surface area contributed by atoms with Crippen molar-refractivity contribution in [3.63, 3.8) is 0 Å². The van der Waals surface area contributed by atoms with Crippen molar-refractivity contribution in [2.24, 2.45) is 0 Å². The van der Waals surface area contributed by atoms with E-state index in [0.717, 1.165) is 60.1 Å². The number of nitrogens with zero attached hydrogens (tertiary/aromatic N) is 1. The van der Waals surface area contributed by atoms with Crippen LogP contribution < -0.4 is 16.0 Å². The van der Waals surface area contributed by atoms with Gasteiger partial charge in [0.15, 0.2) is 0 Å². The second kappa shape index (κ2) is 11.7. The van der Waals surface area contributed by atoms with Gasteiger partial charge in [0.2, 0.25) is 6.41 Å². The van der Waals surface area contributed by atoms with Gasteiger partial charge in [-0.15, -0.1) is 11.3 Å². The third kappa shape index (κ3) is 7.30. The molecule has 1 aliphatic rings. The minimum Gasteiger partial charge on any atom is -0.460 e. The van der Waals surface area contributed by atoms with Crippen molar-refractivity contribution in [2.75, 3.05) is 29.0 Å². The molecule has 8 nitrogen and oxygen atoms in total. The molecule has 3 aromatic rings. The fourth-order valence-electron chi connectivity index (χ4n) is 4.48. The summed E-state index contributed by atoms with van der Waals surface area (Å²) in [7, 11) is 0. The van der Waals surface area contributed by atoms with Gasteiger partial charge in [0.25, 0.3) is 0 Å². The number of thiophene rings is 1. The van der Waals surface area contributed by atoms with Crippen molar-refractivity contribution >= 4 is 56.9 Å². The first-order chi connectivity index (χ1) is 17.7. The predicted molar refractivity (Wildman–Crippen MR) is 149 cm³/mol. The van der Waals surface area contributed by atoms with Crippen LogP contribution in [0.2, 0.25) is 0 Å². The fraction of sp³-hybridized carbons (Fsp3) is 0.393. The van der Waals surface area contributed by atoms with Gasteiger partial charge in [-0.05, 0) is 75.0 Å². The maximum absolute atomic E-state index is 12.8. The lowest BCUT2D eigenvalue weighted by Gasteiger charge is -2.27. The van der Waals surface area contributed by atoms with Crippen molar-refractivity contribution in [3.05, 3.63) is 52.9 Å². The van der Waals surface area contributed by atoms with Crippen LogP contribution in [0.4, 0.5) is 21.2 Å². The fourth-order valence-corrected chi connectivity index (χ4v) is 5.73. The van der Waals surface area contributed by atoms with Gasteiger partial charge in [0.05, 0.1) is 5.69 Å². The molecule has 0 radical (unpaired) electrons. The van der Waals surface area contributed by atoms with Crippen molar-refractivity contribution in [3.8, 4) is 0 Å². The van der Waals surface area contributed by atoms with Crippen LogP contribution in [-0.4, -0.2) is 42.0 Å². The van der Waals surface area contributed by atoms with Gasteiger partial charge in [0.1, 0.15) is 10.6 Å². The van der Waals surface area contributed by atoms with Crippen LogP contribution >= 0.6 is 11.3 Å². The van der Waals surface area contributed by atoms with Crippen LogP contribution in [-0.2, 0) is 27.3 Å². The van der Waals surface area contributed by atoms with E-state index in [9.17, 15) is 14.4 Å². The summed E-state index contributed by atoms with van der Waals surface area (Å²) in [6, 6.07) is 13.4. The normalized spacial score (nSPS) is 13.6. The van der Waals surface area contributed by atoms with Crippen LogP contribution in [0.5, 0.6) is 0 Å². The van der Waals surface area contributed by atoms with Crippen molar-refractivity contribution < 1.29 is 19.1 Å². The first-order valence-electron chi connectivity index (χ1n) is 12.6. The number of carbonyl (C=O) groups excluding carboxylic acids is 3. The number of hydrogen-bond acceptors (Lipinski definition) is 6. The molecule has 4 rings (SSSR count). The van der Waals surface area contributed by atoms with E-state index in [1.807, 2.05) is 63.2 Å². The third-order valence-electron chi connectivity index (χ3n) is 6.10. The Hall–Kier alpha value is -3.43. The smallest absolute Gasteiger partial charge is 0.324 e. The molecule has 9 heteroatoms. The van der Waals surface area contributed by atoms with Crippen LogP contribution in [0.15, 0.2) is 42.5 Å². The molecule has 3 N–H and O–H groups in total. The molecular formula is C28H34N4O4S. The number of rotatable bonds is 9. The number of ether oxygens (including phenoxy) is 1. The van der Waals surface area contributed by atoms with E-state index in [0.29, 0.717) is 29.2 Å². The summed E-state index contributed by atoms with van der Waals surface area (Å²) in [5.41, 5.74) is 1.99. The lowest BCUT2D eigenvalue weighted by Crippen LogP contribution is -2.31. The van der Waals surface area contributed by atoms with Crippen LogP contribution in [0.1, 0.15) is 50.5 Å². The molecule has 2 heterocycles. The molecule has 1 aliphatic heterocycles. The molecule has 0 fully saturated rings. The topological polar surface area (TPSA) is 99.8 Å². The molecule has 3 amide bonds. The number of esters is 1. The van der Waals surface area contributed by atoms with E-state index in [1.54, 1.807) is 0 Å². The minimum atomic E-state index is -0.453. The van der Waals surface area contributed by atoms with Crippen molar-refractivity contribution in [1.82, 2.24) is 4.90 Å². The average Bonchev–Trinajstić information content (AvgIpc) is 3.17. The summed E-state index contributed by atoms with van der Waals surface area (Å²) < 4.78 is 5.38. The van der Waals surface area contributed by atoms with Gasteiger partial charge in [-0.3, -0.25) is 19.8 Å². The number of urea groups is 1. The van der Waals surface area contributed by atoms with Crippen molar-refractivity contribution in [2.45, 2.75) is 58.6 Å². The molecule has 0 saturated carbocycles. The van der Waals surface area contributed by atoms with E-state index in [-0.39, 0.29) is 12.0 Å². The highest BCUT2D eigenvalue weighted by Gasteiger charge is 2.25. The third-order valence-corrected chi connectivity index (χ3v) is 7.23. The van der Waals surface area contributed by atoms with Crippen molar-refractivity contribution in [1.29, 1.82) is 0 Å². The summed E-state index contributed by atoms with van der Waals surface area (Å²) in [5, 5.41) is 11.4. The number of unbranched alkanes of at least 4 members (excludes halogenated alkanes) is 1. The second-order valence-electron chi connectivity index (χ2n) is 10.2. The summed E-state index contributed by atoms with van der Waals surface area (Å²) in [4.78, 5) is 39.5. The highest BCUT2D eigenvalue weighted by Crippen LogP contribution is 2.41. The molecular weight excluding hydrogens is 488 g/mol. The van der Waals surface area contributed by atoms with Crippen LogP contribution in [0, 0.1) is 0 Å². The second-order valence-corrected chi connectivity index (χ2v) is 11.3. The summed E-state index contributed by atoms with van der Waals surface area (Å²) in [6.45, 7) is 8.10. The Labute approximate surface area is 221 Å². The SMILES string of the molecule is CC(C)(C)OC(=O)CCCCN1CCc2c(sc(NC(=O)Nc3ccc4ccccc4c3)c2NC=O)C1. The Kier molecular flexibility index (Phi) is 8.45. The molecule has 0 saturated heterocycles. The standard InChI is InChI=1S/C28H34N4O4S/c1-28(2,3)36-24(34)10-6-7-14-32-15-13-22-23(17-32)37-26(25(22)29-18-33)31-27(35)30-21-12-11-19-8-4-5-9-20(19)16-21/h4-5,8-9,11-12,16,18H,6-7,10,13-15,17H2,1-3H3,(H,29,33)(H2,30,31,35). The first-order valence-corrected chi connectivity index (χ1v) is 13.4. The van der Waals surface area contributed by atoms with Crippen LogP contribution in [0.25, 0.3) is 10.8 Å². The van der Waals surface area contributed by atoms with Gasteiger partial charge in [-0.1, -0.05) is 30.3 Å².